The summed E-state index contributed by atoms with van der Waals surface area (Å²) >= 11 is 0. The molecule has 0 bridgehead atoms. The fraction of sp³-hybridized carbons (Fsp3) is 0.750. The summed E-state index contributed by atoms with van der Waals surface area (Å²) in [7, 11) is -3.70. The van der Waals surface area contributed by atoms with Crippen molar-refractivity contribution in [3.63, 3.8) is 0 Å². The molecule has 16 heavy (non-hydrogen) atoms. The summed E-state index contributed by atoms with van der Waals surface area (Å²) < 4.78 is 22.8. The normalized spacial score (nSPS) is 10.7. The Morgan fingerprint density at radius 1 is 1.31 bits per heavy atom. The van der Waals surface area contributed by atoms with E-state index in [2.05, 4.69) is 4.99 Å². The highest BCUT2D eigenvalue weighted by Crippen LogP contribution is 2.51. The number of amides is 2. The van der Waals surface area contributed by atoms with Gasteiger partial charge in [-0.05, 0) is 20.8 Å². The molecule has 0 aliphatic heterocycles. The summed E-state index contributed by atoms with van der Waals surface area (Å²) in [6.45, 7) is 5.10. The van der Waals surface area contributed by atoms with E-state index in [1.54, 1.807) is 20.8 Å². The highest BCUT2D eigenvalue weighted by molar-refractivity contribution is 7.52. The number of aliphatic imine (C=N–C) groups is 1. The fourth-order valence-electron chi connectivity index (χ4n) is 1.01. The van der Waals surface area contributed by atoms with Gasteiger partial charge in [0, 0.05) is 6.54 Å². The third-order valence-corrected chi connectivity index (χ3v) is 3.76. The van der Waals surface area contributed by atoms with Crippen LogP contribution in [-0.4, -0.2) is 36.5 Å². The van der Waals surface area contributed by atoms with Crippen molar-refractivity contribution in [3.8, 4) is 0 Å². The van der Waals surface area contributed by atoms with Crippen molar-refractivity contribution in [2.45, 2.75) is 20.8 Å². The Balaban J connectivity index is 5.05. The molecule has 0 radical (unpaired) electrons. The molecule has 8 heteroatoms. The van der Waals surface area contributed by atoms with Crippen LogP contribution in [-0.2, 0) is 18.4 Å². The molecule has 92 valence electrons. The van der Waals surface area contributed by atoms with Crippen LogP contribution in [0.15, 0.2) is 4.99 Å². The number of isocyanates is 1. The summed E-state index contributed by atoms with van der Waals surface area (Å²) in [5.74, 6) is 0. The molecule has 0 unspecified atom stereocenters. The lowest BCUT2D eigenvalue weighted by molar-refractivity contribution is 0.171. The van der Waals surface area contributed by atoms with Crippen LogP contribution < -0.4 is 0 Å². The zero-order valence-electron chi connectivity index (χ0n) is 9.50. The Labute approximate surface area is 94.0 Å². The molecule has 0 aromatic carbocycles. The Morgan fingerprint density at radius 2 is 1.81 bits per heavy atom. The summed E-state index contributed by atoms with van der Waals surface area (Å²) in [5.41, 5.74) is 0. The summed E-state index contributed by atoms with van der Waals surface area (Å²) in [4.78, 5) is 24.2. The minimum Gasteiger partial charge on any atom is -0.292 e. The first kappa shape index (κ1) is 15.0. The van der Waals surface area contributed by atoms with Crippen LogP contribution in [0.5, 0.6) is 0 Å². The number of hydrogen-bond donors (Lipinski definition) is 0. The van der Waals surface area contributed by atoms with Crippen LogP contribution in [0.4, 0.5) is 4.79 Å². The van der Waals surface area contributed by atoms with Gasteiger partial charge in [0.15, 0.2) is 0 Å². The quantitative estimate of drug-likeness (QED) is 0.408. The average Bonchev–Trinajstić information content (AvgIpc) is 2.19. The van der Waals surface area contributed by atoms with Crippen molar-refractivity contribution in [1.29, 1.82) is 0 Å². The number of urea groups is 1. The molecule has 0 fully saturated rings. The third-order valence-electron chi connectivity index (χ3n) is 1.54. The molecule has 0 aromatic heterocycles. The third kappa shape index (κ3) is 3.87. The molecular weight excluding hydrogens is 235 g/mol. The maximum absolute atomic E-state index is 12.1. The molecule has 0 aliphatic rings. The molecule has 0 heterocycles. The maximum Gasteiger partial charge on any atom is 0.438 e. The zero-order chi connectivity index (χ0) is 12.6. The van der Waals surface area contributed by atoms with Gasteiger partial charge in [-0.25, -0.2) is 18.8 Å². The van der Waals surface area contributed by atoms with Crippen LogP contribution in [0.2, 0.25) is 0 Å². The highest BCUT2D eigenvalue weighted by Gasteiger charge is 2.36. The van der Waals surface area contributed by atoms with E-state index < -0.39 is 13.8 Å². The predicted octanol–water partition coefficient (Wildman–Crippen LogP) is 1.95. The number of hydrogen-bond acceptors (Lipinski definition) is 5. The second kappa shape index (κ2) is 7.30. The van der Waals surface area contributed by atoms with Crippen LogP contribution >= 0.6 is 7.75 Å². The van der Waals surface area contributed by atoms with Crippen LogP contribution in [0, 0.1) is 0 Å². The predicted molar refractivity (Wildman–Crippen MR) is 56.8 cm³/mol. The van der Waals surface area contributed by atoms with Gasteiger partial charge in [0.1, 0.15) is 0 Å². The number of nitrogens with zero attached hydrogens (tertiary/aromatic N) is 2. The molecule has 0 aromatic rings. The first-order valence-electron chi connectivity index (χ1n) is 4.84. The van der Waals surface area contributed by atoms with Crippen LogP contribution in [0.3, 0.4) is 0 Å². The smallest absolute Gasteiger partial charge is 0.292 e. The highest BCUT2D eigenvalue weighted by atomic mass is 31.2. The Kier molecular flexibility index (Phi) is 6.85. The zero-order valence-corrected chi connectivity index (χ0v) is 10.4. The van der Waals surface area contributed by atoms with Gasteiger partial charge in [-0.15, -0.1) is 4.99 Å². The molecule has 0 aliphatic carbocycles. The van der Waals surface area contributed by atoms with Crippen LogP contribution in [0.25, 0.3) is 0 Å². The SMILES string of the molecule is CCOP(=O)(OCC)N(CC)C(=O)N=C=O. The maximum atomic E-state index is 12.1. The van der Waals surface area contributed by atoms with Gasteiger partial charge in [-0.3, -0.25) is 9.05 Å². The van der Waals surface area contributed by atoms with Gasteiger partial charge in [-0.1, -0.05) is 0 Å². The number of rotatable bonds is 6. The molecule has 0 N–H and O–H groups in total. The van der Waals surface area contributed by atoms with Gasteiger partial charge in [0.05, 0.1) is 13.2 Å². The van der Waals surface area contributed by atoms with E-state index in [0.717, 1.165) is 10.8 Å². The van der Waals surface area contributed by atoms with Crippen LogP contribution in [0.1, 0.15) is 20.8 Å². The average molecular weight is 250 g/mol. The second-order valence-electron chi connectivity index (χ2n) is 2.51. The lowest BCUT2D eigenvalue weighted by atomic mass is 10.7. The van der Waals surface area contributed by atoms with Gasteiger partial charge < -0.3 is 0 Å². The number of carbonyl (C=O) groups excluding carboxylic acids is 2. The topological polar surface area (TPSA) is 85.3 Å². The first-order chi connectivity index (χ1) is 7.55. The van der Waals surface area contributed by atoms with Gasteiger partial charge in [0.2, 0.25) is 6.08 Å². The summed E-state index contributed by atoms with van der Waals surface area (Å²) in [6, 6.07) is -0.984. The Bertz CT molecular complexity index is 316. The van der Waals surface area contributed by atoms with E-state index in [-0.39, 0.29) is 19.8 Å². The van der Waals surface area contributed by atoms with Crippen molar-refractivity contribution in [1.82, 2.24) is 4.67 Å². The van der Waals surface area contributed by atoms with Gasteiger partial charge >= 0.3 is 13.8 Å². The van der Waals surface area contributed by atoms with Gasteiger partial charge in [-0.2, -0.15) is 0 Å². The molecule has 0 saturated carbocycles. The lowest BCUT2D eigenvalue weighted by Gasteiger charge is -2.26. The minimum atomic E-state index is -3.70. The Hall–Kier alpha value is -1.00. The number of carbonyl (C=O) groups is 1. The van der Waals surface area contributed by atoms with Crippen molar-refractivity contribution in [3.05, 3.63) is 0 Å². The van der Waals surface area contributed by atoms with E-state index in [1.807, 2.05) is 0 Å². The van der Waals surface area contributed by atoms with E-state index in [0.29, 0.717) is 0 Å². The van der Waals surface area contributed by atoms with Crippen molar-refractivity contribution in [2.24, 2.45) is 4.99 Å². The summed E-state index contributed by atoms with van der Waals surface area (Å²) in [5, 5.41) is 0. The monoisotopic (exact) mass is 250 g/mol. The second-order valence-corrected chi connectivity index (χ2v) is 4.44. The van der Waals surface area contributed by atoms with E-state index in [1.165, 1.54) is 0 Å². The van der Waals surface area contributed by atoms with Crippen molar-refractivity contribution in [2.75, 3.05) is 19.8 Å². The Morgan fingerprint density at radius 3 is 2.12 bits per heavy atom. The largest absolute Gasteiger partial charge is 0.438 e. The molecule has 0 rings (SSSR count). The molecule has 0 spiro atoms. The standard InChI is InChI=1S/C8H15N2O5P/c1-4-10(8(12)9-7-11)16(13,14-5-2)15-6-3/h4-6H2,1-3H3. The summed E-state index contributed by atoms with van der Waals surface area (Å²) in [6.07, 6.45) is 1.09. The minimum absolute atomic E-state index is 0.0568. The molecule has 0 saturated heterocycles. The molecule has 2 amide bonds. The van der Waals surface area contributed by atoms with E-state index in [9.17, 15) is 14.2 Å². The van der Waals surface area contributed by atoms with E-state index in [4.69, 9.17) is 9.05 Å². The molecular formula is C8H15N2O5P. The molecule has 0 atom stereocenters. The van der Waals surface area contributed by atoms with Crippen molar-refractivity contribution >= 4 is 19.9 Å². The van der Waals surface area contributed by atoms with E-state index >= 15 is 0 Å². The fourth-order valence-corrected chi connectivity index (χ4v) is 2.62. The lowest BCUT2D eigenvalue weighted by Crippen LogP contribution is -2.27. The first-order valence-corrected chi connectivity index (χ1v) is 6.34. The van der Waals surface area contributed by atoms with Gasteiger partial charge in [0.25, 0.3) is 0 Å². The molecule has 7 nitrogen and oxygen atoms in total. The van der Waals surface area contributed by atoms with Crippen molar-refractivity contribution < 1.29 is 23.2 Å².